The van der Waals surface area contributed by atoms with E-state index in [9.17, 15) is 14.7 Å². The fraction of sp³-hybridized carbons (Fsp3) is 0.250. The van der Waals surface area contributed by atoms with Gasteiger partial charge in [-0.3, -0.25) is 14.6 Å². The minimum absolute atomic E-state index is 0.125. The first-order chi connectivity index (χ1) is 15.8. The van der Waals surface area contributed by atoms with E-state index in [1.54, 1.807) is 17.3 Å². The summed E-state index contributed by atoms with van der Waals surface area (Å²) < 4.78 is 0. The average molecular weight is 441 g/mol. The van der Waals surface area contributed by atoms with Crippen molar-refractivity contribution in [1.29, 1.82) is 0 Å². The van der Waals surface area contributed by atoms with E-state index in [-0.39, 0.29) is 17.9 Å². The Labute approximate surface area is 194 Å². The van der Waals surface area contributed by atoms with Gasteiger partial charge in [-0.25, -0.2) is 0 Å². The van der Waals surface area contributed by atoms with E-state index in [2.05, 4.69) is 18.8 Å². The molecule has 1 aliphatic rings. The van der Waals surface area contributed by atoms with Crippen molar-refractivity contribution in [2.45, 2.75) is 46.2 Å². The van der Waals surface area contributed by atoms with Crippen LogP contribution in [-0.4, -0.2) is 26.7 Å². The number of pyridine rings is 1. The molecule has 0 saturated carbocycles. The lowest BCUT2D eigenvalue weighted by Gasteiger charge is -2.26. The van der Waals surface area contributed by atoms with Gasteiger partial charge in [0.05, 0.1) is 11.6 Å². The van der Waals surface area contributed by atoms with Crippen molar-refractivity contribution in [3.8, 4) is 0 Å². The Morgan fingerprint density at radius 2 is 1.67 bits per heavy atom. The summed E-state index contributed by atoms with van der Waals surface area (Å²) in [4.78, 5) is 32.0. The molecule has 1 amide bonds. The molecule has 2 aromatic carbocycles. The summed E-state index contributed by atoms with van der Waals surface area (Å²) in [6.07, 6.45) is 3.32. The predicted molar refractivity (Wildman–Crippen MR) is 129 cm³/mol. The van der Waals surface area contributed by atoms with Crippen molar-refractivity contribution in [2.24, 2.45) is 0 Å². The van der Waals surface area contributed by atoms with Crippen molar-refractivity contribution < 1.29 is 14.7 Å². The van der Waals surface area contributed by atoms with Gasteiger partial charge in [0.2, 0.25) is 0 Å². The van der Waals surface area contributed by atoms with Gasteiger partial charge in [-0.05, 0) is 60.2 Å². The number of nitrogens with zero attached hydrogens (tertiary/aromatic N) is 2. The van der Waals surface area contributed by atoms with Crippen molar-refractivity contribution in [3.63, 3.8) is 0 Å². The molecule has 2 heterocycles. The molecule has 0 aliphatic carbocycles. The average Bonchev–Trinajstić information content (AvgIpc) is 3.06. The summed E-state index contributed by atoms with van der Waals surface area (Å²) in [7, 11) is 0. The van der Waals surface area contributed by atoms with Gasteiger partial charge in [0.1, 0.15) is 5.76 Å². The monoisotopic (exact) mass is 440 g/mol. The largest absolute Gasteiger partial charge is 0.507 e. The highest BCUT2D eigenvalue weighted by Gasteiger charge is 2.46. The summed E-state index contributed by atoms with van der Waals surface area (Å²) in [6.45, 7) is 8.29. The van der Waals surface area contributed by atoms with Crippen LogP contribution in [0.5, 0.6) is 0 Å². The Morgan fingerprint density at radius 1 is 1.00 bits per heavy atom. The highest BCUT2D eigenvalue weighted by molar-refractivity contribution is 6.46. The lowest BCUT2D eigenvalue weighted by molar-refractivity contribution is -0.140. The van der Waals surface area contributed by atoms with Gasteiger partial charge in [0.15, 0.2) is 0 Å². The standard InChI is InChI=1S/C28H28N2O3/c1-17(2)21-7-9-22(10-8-21)25-24(26(31)23-15-18(3)5-6-19(23)4)27(32)28(33)30(25)16-20-11-13-29-14-12-20/h5-15,17,25,31H,16H2,1-4H3/b26-24+. The molecule has 1 atom stereocenters. The molecule has 168 valence electrons. The minimum Gasteiger partial charge on any atom is -0.507 e. The zero-order valence-electron chi connectivity index (χ0n) is 19.4. The second-order valence-corrected chi connectivity index (χ2v) is 8.92. The number of amides is 1. The Balaban J connectivity index is 1.89. The predicted octanol–water partition coefficient (Wildman–Crippen LogP) is 5.44. The molecule has 4 rings (SSSR count). The third-order valence-corrected chi connectivity index (χ3v) is 6.21. The Hall–Kier alpha value is -3.73. The first kappa shape index (κ1) is 22.5. The maximum Gasteiger partial charge on any atom is 0.295 e. The van der Waals surface area contributed by atoms with Gasteiger partial charge in [0.25, 0.3) is 11.7 Å². The number of aliphatic hydroxyl groups is 1. The number of carbonyl (C=O) groups is 2. The molecule has 1 unspecified atom stereocenters. The van der Waals surface area contributed by atoms with E-state index in [1.807, 2.05) is 68.4 Å². The molecule has 1 saturated heterocycles. The number of aromatic nitrogens is 1. The quantitative estimate of drug-likeness (QED) is 0.326. The minimum atomic E-state index is -0.681. The van der Waals surface area contributed by atoms with E-state index in [4.69, 9.17) is 0 Å². The normalized spacial score (nSPS) is 17.7. The van der Waals surface area contributed by atoms with Crippen LogP contribution in [0.3, 0.4) is 0 Å². The number of benzene rings is 2. The van der Waals surface area contributed by atoms with Crippen LogP contribution in [0, 0.1) is 13.8 Å². The molecule has 0 spiro atoms. The van der Waals surface area contributed by atoms with Gasteiger partial charge in [-0.1, -0.05) is 55.8 Å². The highest BCUT2D eigenvalue weighted by Crippen LogP contribution is 2.41. The summed E-state index contributed by atoms with van der Waals surface area (Å²) in [5.74, 6) is -1.06. The zero-order chi connectivity index (χ0) is 23.7. The lowest BCUT2D eigenvalue weighted by atomic mass is 9.92. The fourth-order valence-corrected chi connectivity index (χ4v) is 4.27. The molecule has 0 radical (unpaired) electrons. The molecule has 1 aliphatic heterocycles. The molecule has 0 bridgehead atoms. The maximum atomic E-state index is 13.3. The topological polar surface area (TPSA) is 70.5 Å². The summed E-state index contributed by atoms with van der Waals surface area (Å²) in [5.41, 5.74) is 5.32. The van der Waals surface area contributed by atoms with E-state index in [0.29, 0.717) is 11.5 Å². The van der Waals surface area contributed by atoms with Gasteiger partial charge in [0, 0.05) is 24.5 Å². The summed E-state index contributed by atoms with van der Waals surface area (Å²) in [5, 5.41) is 11.3. The van der Waals surface area contributed by atoms with Crippen molar-refractivity contribution in [3.05, 3.63) is 106 Å². The molecule has 5 heteroatoms. The summed E-state index contributed by atoms with van der Waals surface area (Å²) in [6, 6.07) is 16.6. The molecule has 1 fully saturated rings. The van der Waals surface area contributed by atoms with Gasteiger partial charge in [-0.2, -0.15) is 0 Å². The first-order valence-electron chi connectivity index (χ1n) is 11.1. The molecular formula is C28H28N2O3. The van der Waals surface area contributed by atoms with E-state index < -0.39 is 17.7 Å². The summed E-state index contributed by atoms with van der Waals surface area (Å²) >= 11 is 0. The molecule has 1 N–H and O–H groups in total. The van der Waals surface area contributed by atoms with Crippen LogP contribution in [0.4, 0.5) is 0 Å². The Bertz CT molecular complexity index is 1230. The van der Waals surface area contributed by atoms with Crippen LogP contribution in [0.1, 0.15) is 59.2 Å². The van der Waals surface area contributed by atoms with Crippen LogP contribution in [0.15, 0.2) is 72.6 Å². The van der Waals surface area contributed by atoms with Crippen molar-refractivity contribution in [2.75, 3.05) is 0 Å². The van der Waals surface area contributed by atoms with E-state index in [0.717, 1.165) is 22.3 Å². The first-order valence-corrected chi connectivity index (χ1v) is 11.1. The van der Waals surface area contributed by atoms with Crippen LogP contribution in [-0.2, 0) is 16.1 Å². The molecule has 33 heavy (non-hydrogen) atoms. The smallest absolute Gasteiger partial charge is 0.295 e. The Kier molecular flexibility index (Phi) is 6.14. The number of ketones is 1. The third kappa shape index (κ3) is 4.31. The SMILES string of the molecule is Cc1ccc(C)c(/C(O)=C2\C(=O)C(=O)N(Cc3ccncc3)C2c2ccc(C(C)C)cc2)c1. The van der Waals surface area contributed by atoms with E-state index in [1.165, 1.54) is 5.56 Å². The zero-order valence-corrected chi connectivity index (χ0v) is 19.4. The number of carbonyl (C=O) groups excluding carboxylic acids is 2. The van der Waals surface area contributed by atoms with Gasteiger partial charge >= 0.3 is 0 Å². The van der Waals surface area contributed by atoms with Gasteiger partial charge < -0.3 is 10.0 Å². The lowest BCUT2D eigenvalue weighted by Crippen LogP contribution is -2.29. The fourth-order valence-electron chi connectivity index (χ4n) is 4.27. The number of likely N-dealkylation sites (tertiary alicyclic amines) is 1. The van der Waals surface area contributed by atoms with Crippen molar-refractivity contribution >= 4 is 17.4 Å². The number of rotatable bonds is 5. The highest BCUT2D eigenvalue weighted by atomic mass is 16.3. The van der Waals surface area contributed by atoms with Gasteiger partial charge in [-0.15, -0.1) is 0 Å². The van der Waals surface area contributed by atoms with Crippen LogP contribution in [0.25, 0.3) is 5.76 Å². The van der Waals surface area contributed by atoms with Crippen LogP contribution in [0.2, 0.25) is 0 Å². The number of aliphatic hydroxyl groups excluding tert-OH is 1. The Morgan fingerprint density at radius 3 is 2.30 bits per heavy atom. The number of hydrogen-bond acceptors (Lipinski definition) is 4. The third-order valence-electron chi connectivity index (χ3n) is 6.21. The second kappa shape index (κ2) is 9.02. The maximum absolute atomic E-state index is 13.3. The second-order valence-electron chi connectivity index (χ2n) is 8.92. The number of aryl methyl sites for hydroxylation is 2. The van der Waals surface area contributed by atoms with Crippen LogP contribution >= 0.6 is 0 Å². The van der Waals surface area contributed by atoms with E-state index >= 15 is 0 Å². The van der Waals surface area contributed by atoms with Crippen molar-refractivity contribution in [1.82, 2.24) is 9.88 Å². The molecule has 3 aromatic rings. The van der Waals surface area contributed by atoms with Crippen LogP contribution < -0.4 is 0 Å². The molecule has 5 nitrogen and oxygen atoms in total. The number of hydrogen-bond donors (Lipinski definition) is 1. The molecule has 1 aromatic heterocycles. The number of Topliss-reactive ketones (excluding diaryl/α,β-unsaturated/α-hetero) is 1. The molecular weight excluding hydrogens is 412 g/mol.